The number of rotatable bonds is 1. The van der Waals surface area contributed by atoms with Crippen LogP contribution >= 0.6 is 0 Å². The number of methoxy groups -OCH3 is 1. The lowest BCUT2D eigenvalue weighted by molar-refractivity contribution is 0.415. The molecule has 1 heterocycles. The van der Waals surface area contributed by atoms with Gasteiger partial charge in [-0.05, 0) is 12.1 Å². The zero-order valence-corrected chi connectivity index (χ0v) is 9.39. The van der Waals surface area contributed by atoms with Gasteiger partial charge in [-0.25, -0.2) is 0 Å². The van der Waals surface area contributed by atoms with Gasteiger partial charge in [-0.15, -0.1) is 0 Å². The lowest BCUT2D eigenvalue weighted by Crippen LogP contribution is -2.20. The van der Waals surface area contributed by atoms with E-state index in [0.717, 1.165) is 0 Å². The molecule has 1 N–H and O–H groups in total. The first-order chi connectivity index (χ1) is 8.10. The standard InChI is InChI=1S/C12H10N2O3/c1-14-10-5-7(17-2)3-4-8(10)11(15)9(6-13)12(14)16/h3-5,15H,1-2H3. The molecule has 0 saturated carbocycles. The number of benzene rings is 1. The normalized spacial score (nSPS) is 10.2. The van der Waals surface area contributed by atoms with Crippen molar-refractivity contribution in [1.29, 1.82) is 5.26 Å². The number of aromatic nitrogens is 1. The molecule has 0 atom stereocenters. The summed E-state index contributed by atoms with van der Waals surface area (Å²) in [6, 6.07) is 6.62. The molecule has 0 aliphatic carbocycles. The molecule has 17 heavy (non-hydrogen) atoms. The lowest BCUT2D eigenvalue weighted by Gasteiger charge is -2.09. The van der Waals surface area contributed by atoms with Crippen molar-refractivity contribution in [3.05, 3.63) is 34.1 Å². The number of aryl methyl sites for hydroxylation is 1. The summed E-state index contributed by atoms with van der Waals surface area (Å²) in [7, 11) is 3.06. The van der Waals surface area contributed by atoms with Crippen LogP contribution in [0.1, 0.15) is 5.56 Å². The Bertz CT molecular complexity index is 695. The Morgan fingerprint density at radius 3 is 2.76 bits per heavy atom. The van der Waals surface area contributed by atoms with Gasteiger partial charge in [0.05, 0.1) is 12.6 Å². The summed E-state index contributed by atoms with van der Waals surface area (Å²) in [6.45, 7) is 0. The van der Waals surface area contributed by atoms with E-state index in [1.807, 2.05) is 0 Å². The molecule has 1 aromatic heterocycles. The van der Waals surface area contributed by atoms with Gasteiger partial charge < -0.3 is 14.4 Å². The van der Waals surface area contributed by atoms with Crippen molar-refractivity contribution >= 4 is 10.9 Å². The first kappa shape index (κ1) is 11.0. The van der Waals surface area contributed by atoms with E-state index < -0.39 is 5.56 Å². The molecule has 0 fully saturated rings. The van der Waals surface area contributed by atoms with E-state index in [4.69, 9.17) is 10.00 Å². The molecule has 2 aromatic rings. The van der Waals surface area contributed by atoms with Gasteiger partial charge in [0.25, 0.3) is 5.56 Å². The van der Waals surface area contributed by atoms with Crippen molar-refractivity contribution in [2.45, 2.75) is 0 Å². The molecule has 0 aliphatic rings. The van der Waals surface area contributed by atoms with Crippen molar-refractivity contribution in [3.63, 3.8) is 0 Å². The molecule has 0 saturated heterocycles. The van der Waals surface area contributed by atoms with E-state index in [0.29, 0.717) is 16.7 Å². The van der Waals surface area contributed by atoms with Crippen LogP contribution in [-0.2, 0) is 7.05 Å². The third-order valence-corrected chi connectivity index (χ3v) is 2.69. The van der Waals surface area contributed by atoms with Gasteiger partial charge in [-0.2, -0.15) is 5.26 Å². The van der Waals surface area contributed by atoms with Crippen molar-refractivity contribution in [3.8, 4) is 17.6 Å². The fourth-order valence-corrected chi connectivity index (χ4v) is 1.73. The maximum atomic E-state index is 11.8. The fourth-order valence-electron chi connectivity index (χ4n) is 1.73. The number of ether oxygens (including phenoxy) is 1. The second kappa shape index (κ2) is 3.83. The van der Waals surface area contributed by atoms with Crippen molar-refractivity contribution in [1.82, 2.24) is 4.57 Å². The summed E-state index contributed by atoms with van der Waals surface area (Å²) in [5.74, 6) is 0.296. The highest BCUT2D eigenvalue weighted by Crippen LogP contribution is 2.28. The summed E-state index contributed by atoms with van der Waals surface area (Å²) in [4.78, 5) is 11.8. The van der Waals surface area contributed by atoms with E-state index in [9.17, 15) is 9.90 Å². The number of hydrogen-bond donors (Lipinski definition) is 1. The first-order valence-corrected chi connectivity index (χ1v) is 4.90. The van der Waals surface area contributed by atoms with Crippen LogP contribution < -0.4 is 10.3 Å². The molecule has 5 heteroatoms. The van der Waals surface area contributed by atoms with Crippen LogP contribution in [0.25, 0.3) is 10.9 Å². The Hall–Kier alpha value is -2.48. The van der Waals surface area contributed by atoms with Crippen molar-refractivity contribution in [2.24, 2.45) is 7.05 Å². The van der Waals surface area contributed by atoms with Crippen molar-refractivity contribution < 1.29 is 9.84 Å². The molecule has 2 rings (SSSR count). The maximum absolute atomic E-state index is 11.8. The first-order valence-electron chi connectivity index (χ1n) is 4.90. The number of pyridine rings is 1. The molecule has 86 valence electrons. The number of fused-ring (bicyclic) bond motifs is 1. The molecule has 0 spiro atoms. The lowest BCUT2D eigenvalue weighted by atomic mass is 10.1. The van der Waals surface area contributed by atoms with Crippen LogP contribution in [0.15, 0.2) is 23.0 Å². The third-order valence-electron chi connectivity index (χ3n) is 2.69. The number of aromatic hydroxyl groups is 1. The van der Waals surface area contributed by atoms with Gasteiger partial charge in [-0.3, -0.25) is 4.79 Å². The zero-order chi connectivity index (χ0) is 12.6. The summed E-state index contributed by atoms with van der Waals surface area (Å²) < 4.78 is 6.37. The highest BCUT2D eigenvalue weighted by Gasteiger charge is 2.14. The zero-order valence-electron chi connectivity index (χ0n) is 9.39. The Labute approximate surface area is 97.1 Å². The monoisotopic (exact) mass is 230 g/mol. The number of hydrogen-bond acceptors (Lipinski definition) is 4. The van der Waals surface area contributed by atoms with Gasteiger partial charge in [0, 0.05) is 18.5 Å². The molecule has 0 aliphatic heterocycles. The largest absolute Gasteiger partial charge is 0.506 e. The molecule has 0 amide bonds. The minimum Gasteiger partial charge on any atom is -0.506 e. The molecule has 0 bridgehead atoms. The van der Waals surface area contributed by atoms with E-state index >= 15 is 0 Å². The average Bonchev–Trinajstić information content (AvgIpc) is 2.36. The third kappa shape index (κ3) is 1.51. The Kier molecular flexibility index (Phi) is 2.48. The van der Waals surface area contributed by atoms with Crippen LogP contribution in [0, 0.1) is 11.3 Å². The van der Waals surface area contributed by atoms with Gasteiger partial charge in [-0.1, -0.05) is 0 Å². The van der Waals surface area contributed by atoms with Gasteiger partial charge in [0.1, 0.15) is 17.6 Å². The molecule has 1 aromatic carbocycles. The van der Waals surface area contributed by atoms with E-state index in [1.54, 1.807) is 31.3 Å². The second-order valence-corrected chi connectivity index (χ2v) is 3.58. The van der Waals surface area contributed by atoms with Gasteiger partial charge >= 0.3 is 0 Å². The Morgan fingerprint density at radius 2 is 2.18 bits per heavy atom. The number of nitrogens with zero attached hydrogens (tertiary/aromatic N) is 2. The summed E-state index contributed by atoms with van der Waals surface area (Å²) in [5.41, 5.74) is -0.248. The molecule has 0 radical (unpaired) electrons. The predicted molar refractivity (Wildman–Crippen MR) is 62.1 cm³/mol. The minimum atomic E-state index is -0.522. The van der Waals surface area contributed by atoms with Crippen molar-refractivity contribution in [2.75, 3.05) is 7.11 Å². The summed E-state index contributed by atoms with van der Waals surface area (Å²) >= 11 is 0. The minimum absolute atomic E-state index is 0.245. The quantitative estimate of drug-likeness (QED) is 0.796. The smallest absolute Gasteiger partial charge is 0.272 e. The van der Waals surface area contributed by atoms with E-state index in [-0.39, 0.29) is 11.3 Å². The Balaban J connectivity index is 2.99. The number of nitriles is 1. The van der Waals surface area contributed by atoms with Crippen LogP contribution in [-0.4, -0.2) is 16.8 Å². The highest BCUT2D eigenvalue weighted by atomic mass is 16.5. The van der Waals surface area contributed by atoms with Crippen LogP contribution in [0.2, 0.25) is 0 Å². The van der Waals surface area contributed by atoms with E-state index in [2.05, 4.69) is 0 Å². The maximum Gasteiger partial charge on any atom is 0.272 e. The summed E-state index contributed by atoms with van der Waals surface area (Å²) in [5, 5.41) is 19.1. The van der Waals surface area contributed by atoms with Gasteiger partial charge in [0.2, 0.25) is 0 Å². The van der Waals surface area contributed by atoms with Crippen LogP contribution in [0.5, 0.6) is 11.5 Å². The SMILES string of the molecule is COc1ccc2c(O)c(C#N)c(=O)n(C)c2c1. The Morgan fingerprint density at radius 1 is 1.47 bits per heavy atom. The molecular weight excluding hydrogens is 220 g/mol. The van der Waals surface area contributed by atoms with Crippen LogP contribution in [0.4, 0.5) is 0 Å². The second-order valence-electron chi connectivity index (χ2n) is 3.58. The average molecular weight is 230 g/mol. The topological polar surface area (TPSA) is 75.2 Å². The fraction of sp³-hybridized carbons (Fsp3) is 0.167. The summed E-state index contributed by atoms with van der Waals surface area (Å²) in [6.07, 6.45) is 0. The van der Waals surface area contributed by atoms with Gasteiger partial charge in [0.15, 0.2) is 5.56 Å². The predicted octanol–water partition coefficient (Wildman–Crippen LogP) is 1.12. The molecule has 0 unspecified atom stereocenters. The molecule has 5 nitrogen and oxygen atoms in total. The van der Waals surface area contributed by atoms with E-state index in [1.165, 1.54) is 11.7 Å². The van der Waals surface area contributed by atoms with Crippen LogP contribution in [0.3, 0.4) is 0 Å². The highest BCUT2D eigenvalue weighted by molar-refractivity contribution is 5.88. The molecular formula is C12H10N2O3.